The van der Waals surface area contributed by atoms with Crippen molar-refractivity contribution in [3.8, 4) is 11.5 Å². The molecule has 0 amide bonds. The van der Waals surface area contributed by atoms with E-state index >= 15 is 0 Å². The maximum Gasteiger partial charge on any atom is 0.264 e. The highest BCUT2D eigenvalue weighted by atomic mass is 32.1. The predicted octanol–water partition coefficient (Wildman–Crippen LogP) is 13.2. The molecule has 13 rings (SSSR count). The summed E-state index contributed by atoms with van der Waals surface area (Å²) >= 11 is 2.01. The average molecular weight is 800 g/mol. The van der Waals surface area contributed by atoms with E-state index in [1.807, 2.05) is 11.3 Å². The van der Waals surface area contributed by atoms with E-state index in [-0.39, 0.29) is 28.5 Å². The van der Waals surface area contributed by atoms with Crippen LogP contribution in [-0.2, 0) is 16.2 Å². The minimum absolute atomic E-state index is 0.0219. The first-order chi connectivity index (χ1) is 29.0. The van der Waals surface area contributed by atoms with Gasteiger partial charge in [0.05, 0.1) is 22.6 Å². The molecule has 2 aliphatic carbocycles. The van der Waals surface area contributed by atoms with E-state index in [0.717, 1.165) is 34.2 Å². The number of nitrogens with zero attached hydrogens (tertiary/aromatic N) is 3. The highest BCUT2D eigenvalue weighted by Crippen LogP contribution is 2.64. The number of thiophene rings is 1. The van der Waals surface area contributed by atoms with Crippen LogP contribution in [0, 0.1) is 0 Å². The van der Waals surface area contributed by atoms with Gasteiger partial charge in [0.1, 0.15) is 0 Å². The zero-order valence-corrected chi connectivity index (χ0v) is 36.3. The maximum atomic E-state index is 7.22. The Morgan fingerprint density at radius 1 is 0.550 bits per heavy atom. The number of hydrogen-bond donors (Lipinski definition) is 0. The molecule has 2 unspecified atom stereocenters. The van der Waals surface area contributed by atoms with Crippen molar-refractivity contribution in [3.05, 3.63) is 138 Å². The first-order valence-electron chi connectivity index (χ1n) is 22.2. The van der Waals surface area contributed by atoms with Crippen molar-refractivity contribution in [2.24, 2.45) is 0 Å². The molecule has 0 radical (unpaired) electrons. The molecular weight excluding hydrogens is 749 g/mol. The van der Waals surface area contributed by atoms with Gasteiger partial charge in [-0.15, -0.1) is 11.3 Å². The Labute approximate surface area is 358 Å². The molecule has 0 saturated heterocycles. The Kier molecular flexibility index (Phi) is 6.87. The molecule has 1 aromatic heterocycles. The standard InChI is InChI=1S/C54H50BN3OS/c1-51(2)29-30-52(3,4)38-31-33(21-23-36(38)51)56-34-22-25-39-43(32-34)57(41-17-9-11-19-45(41)59-44-18-10-8-16-40(44)56)42-26-24-37-49-47(42)55(39)50-48(35-15-7-12-20-46(35)60-50)58(49)54(6)28-14-13-27-53(37,54)5/h7-12,15-26,31-32H,13-14,27-30H2,1-6H3. The van der Waals surface area contributed by atoms with Gasteiger partial charge in [-0.3, -0.25) is 0 Å². The number of para-hydroxylation sites is 4. The van der Waals surface area contributed by atoms with Crippen LogP contribution in [0.2, 0.25) is 0 Å². The van der Waals surface area contributed by atoms with Crippen LogP contribution in [0.4, 0.5) is 45.5 Å². The van der Waals surface area contributed by atoms with Crippen molar-refractivity contribution in [2.75, 3.05) is 14.7 Å². The molecular formula is C54H50BN3OS. The van der Waals surface area contributed by atoms with E-state index in [2.05, 4.69) is 178 Å². The molecule has 0 N–H and O–H groups in total. The zero-order chi connectivity index (χ0) is 40.5. The fourth-order valence-electron chi connectivity index (χ4n) is 12.8. The largest absolute Gasteiger partial charge is 0.453 e. The Bertz CT molecular complexity index is 3020. The van der Waals surface area contributed by atoms with Gasteiger partial charge in [0.25, 0.3) is 6.71 Å². The van der Waals surface area contributed by atoms with E-state index in [1.54, 1.807) is 0 Å². The summed E-state index contributed by atoms with van der Waals surface area (Å²) in [6.45, 7) is 15.0. The second-order valence-electron chi connectivity index (χ2n) is 20.2. The molecule has 1 fully saturated rings. The molecule has 2 bridgehead atoms. The second-order valence-corrected chi connectivity index (χ2v) is 21.3. The first kappa shape index (κ1) is 35.3. The number of anilines is 8. The lowest BCUT2D eigenvalue weighted by Crippen LogP contribution is -2.63. The fourth-order valence-corrected chi connectivity index (χ4v) is 14.1. The van der Waals surface area contributed by atoms with Gasteiger partial charge in [-0.25, -0.2) is 0 Å². The van der Waals surface area contributed by atoms with E-state index in [9.17, 15) is 0 Å². The van der Waals surface area contributed by atoms with Gasteiger partial charge in [0.15, 0.2) is 11.5 Å². The summed E-state index contributed by atoms with van der Waals surface area (Å²) in [6.07, 6.45) is 7.29. The van der Waals surface area contributed by atoms with Gasteiger partial charge in [-0.1, -0.05) is 108 Å². The monoisotopic (exact) mass is 799 g/mol. The number of rotatable bonds is 1. The third kappa shape index (κ3) is 4.33. The Morgan fingerprint density at radius 3 is 2.00 bits per heavy atom. The number of fused-ring (bicyclic) bond motifs is 15. The number of benzene rings is 6. The maximum absolute atomic E-state index is 7.22. The van der Waals surface area contributed by atoms with Crippen LogP contribution < -0.4 is 35.1 Å². The van der Waals surface area contributed by atoms with Crippen LogP contribution >= 0.6 is 11.3 Å². The molecule has 60 heavy (non-hydrogen) atoms. The number of ether oxygens (including phenoxy) is 1. The van der Waals surface area contributed by atoms with Crippen molar-refractivity contribution in [3.63, 3.8) is 0 Å². The fraction of sp³-hybridized carbons (Fsp3) is 0.296. The van der Waals surface area contributed by atoms with E-state index in [1.165, 1.54) is 104 Å². The molecule has 4 aliphatic heterocycles. The molecule has 0 spiro atoms. The van der Waals surface area contributed by atoms with Gasteiger partial charge in [0.2, 0.25) is 0 Å². The van der Waals surface area contributed by atoms with Gasteiger partial charge in [-0.2, -0.15) is 0 Å². The van der Waals surface area contributed by atoms with Crippen LogP contribution in [0.15, 0.2) is 121 Å². The third-order valence-corrected chi connectivity index (χ3v) is 17.5. The lowest BCUT2D eigenvalue weighted by molar-refractivity contribution is 0.195. The predicted molar refractivity (Wildman–Crippen MR) is 254 cm³/mol. The minimum atomic E-state index is -0.0219. The molecule has 296 valence electrons. The summed E-state index contributed by atoms with van der Waals surface area (Å²) in [4.78, 5) is 7.87. The number of hydrogen-bond acceptors (Lipinski definition) is 5. The highest BCUT2D eigenvalue weighted by molar-refractivity contribution is 7.33. The van der Waals surface area contributed by atoms with Crippen molar-refractivity contribution in [2.45, 2.75) is 102 Å². The second kappa shape index (κ2) is 11.7. The topological polar surface area (TPSA) is 19.0 Å². The Balaban J connectivity index is 1.12. The summed E-state index contributed by atoms with van der Waals surface area (Å²) in [5.74, 6) is 1.69. The van der Waals surface area contributed by atoms with Gasteiger partial charge < -0.3 is 19.4 Å². The first-order valence-corrected chi connectivity index (χ1v) is 23.0. The van der Waals surface area contributed by atoms with E-state index in [0.29, 0.717) is 0 Å². The van der Waals surface area contributed by atoms with Crippen molar-refractivity contribution in [1.29, 1.82) is 0 Å². The van der Waals surface area contributed by atoms with Crippen molar-refractivity contribution < 1.29 is 4.74 Å². The van der Waals surface area contributed by atoms with E-state index < -0.39 is 0 Å². The van der Waals surface area contributed by atoms with Gasteiger partial charge in [0, 0.05) is 48.7 Å². The quantitative estimate of drug-likeness (QED) is 0.154. The van der Waals surface area contributed by atoms with Crippen LogP contribution in [0.1, 0.15) is 96.8 Å². The SMILES string of the molecule is CC1(C)CCC(C)(C)c2cc(N3c4ccc5c(c4)N(c4ccccc4Oc4ccccc43)c3ccc4c6c3B5c3sc5ccccc5c3N6C3(C)CCCCC43C)ccc21. The average Bonchev–Trinajstić information content (AvgIpc) is 3.73. The summed E-state index contributed by atoms with van der Waals surface area (Å²) in [5, 5.41) is 1.39. The Morgan fingerprint density at radius 2 is 1.20 bits per heavy atom. The Hall–Kier alpha value is -5.46. The highest BCUT2D eigenvalue weighted by Gasteiger charge is 2.62. The van der Waals surface area contributed by atoms with Crippen LogP contribution in [0.3, 0.4) is 0 Å². The molecule has 4 nitrogen and oxygen atoms in total. The van der Waals surface area contributed by atoms with Gasteiger partial charge in [-0.05, 0) is 132 Å². The third-order valence-electron chi connectivity index (χ3n) is 16.2. The molecule has 7 aromatic rings. The smallest absolute Gasteiger partial charge is 0.264 e. The normalized spacial score (nSPS) is 23.2. The summed E-state index contributed by atoms with van der Waals surface area (Å²) in [6, 6.07) is 46.1. The molecule has 6 aliphatic rings. The summed E-state index contributed by atoms with van der Waals surface area (Å²) < 4.78 is 10.1. The molecule has 5 heterocycles. The van der Waals surface area contributed by atoms with Crippen LogP contribution in [0.5, 0.6) is 11.5 Å². The molecule has 2 atom stereocenters. The summed E-state index contributed by atoms with van der Waals surface area (Å²) in [7, 11) is 0. The summed E-state index contributed by atoms with van der Waals surface area (Å²) in [5.41, 5.74) is 17.3. The van der Waals surface area contributed by atoms with Crippen molar-refractivity contribution in [1.82, 2.24) is 0 Å². The van der Waals surface area contributed by atoms with Gasteiger partial charge >= 0.3 is 0 Å². The molecule has 1 saturated carbocycles. The van der Waals surface area contributed by atoms with E-state index in [4.69, 9.17) is 4.74 Å². The van der Waals surface area contributed by atoms with Crippen molar-refractivity contribution >= 4 is 89.3 Å². The lowest BCUT2D eigenvalue weighted by atomic mass is 9.36. The van der Waals surface area contributed by atoms with Crippen LogP contribution in [-0.4, -0.2) is 12.3 Å². The molecule has 6 aromatic carbocycles. The van der Waals surface area contributed by atoms with Crippen LogP contribution in [0.25, 0.3) is 10.1 Å². The zero-order valence-electron chi connectivity index (χ0n) is 35.5. The minimum Gasteiger partial charge on any atom is -0.453 e. The molecule has 6 heteroatoms. The lowest BCUT2D eigenvalue weighted by Gasteiger charge is -2.52.